The maximum absolute atomic E-state index is 12.7. The molecule has 0 fully saturated rings. The summed E-state index contributed by atoms with van der Waals surface area (Å²) < 4.78 is 26.7. The van der Waals surface area contributed by atoms with E-state index in [1.807, 2.05) is 24.4 Å². The average molecular weight is 470 g/mol. The molecule has 1 N–H and O–H groups in total. The average Bonchev–Trinajstić information content (AvgIpc) is 3.29. The van der Waals surface area contributed by atoms with Gasteiger partial charge in [-0.3, -0.25) is 10.1 Å². The lowest BCUT2D eigenvalue weighted by atomic mass is 10.2. The minimum absolute atomic E-state index is 0.0112. The van der Waals surface area contributed by atoms with Crippen LogP contribution in [0.5, 0.6) is 0 Å². The molecule has 0 saturated heterocycles. The number of sulfonamides is 1. The number of hydrogen-bond donors (Lipinski definition) is 1. The molecule has 0 aliphatic carbocycles. The van der Waals surface area contributed by atoms with Gasteiger partial charge in [0.25, 0.3) is 5.91 Å². The lowest BCUT2D eigenvalue weighted by molar-refractivity contribution is 0.102. The number of nitrogens with one attached hydrogen (secondary N) is 1. The van der Waals surface area contributed by atoms with Crippen molar-refractivity contribution in [1.29, 1.82) is 0 Å². The molecule has 0 radical (unpaired) electrons. The number of anilines is 1. The van der Waals surface area contributed by atoms with Crippen molar-refractivity contribution in [2.75, 3.05) is 12.4 Å². The monoisotopic (exact) mass is 469 g/mol. The molecule has 0 unspecified atom stereocenters. The maximum Gasteiger partial charge on any atom is 0.259 e. The Bertz CT molecular complexity index is 1150. The van der Waals surface area contributed by atoms with Crippen molar-refractivity contribution in [3.63, 3.8) is 0 Å². The van der Waals surface area contributed by atoms with Gasteiger partial charge in [0.05, 0.1) is 26.1 Å². The molecule has 29 heavy (non-hydrogen) atoms. The van der Waals surface area contributed by atoms with Crippen LogP contribution in [0.1, 0.15) is 29.1 Å². The molecule has 0 saturated carbocycles. The number of thiophene rings is 1. The molecule has 0 atom stereocenters. The van der Waals surface area contributed by atoms with Gasteiger partial charge < -0.3 is 0 Å². The summed E-state index contributed by atoms with van der Waals surface area (Å²) in [5, 5.41) is 5.15. The molecule has 10 heteroatoms. The Morgan fingerprint density at radius 3 is 2.59 bits per heavy atom. The summed E-state index contributed by atoms with van der Waals surface area (Å²) >= 11 is 9.08. The highest BCUT2D eigenvalue weighted by Crippen LogP contribution is 2.31. The summed E-state index contributed by atoms with van der Waals surface area (Å²) in [4.78, 5) is 19.4. The Labute approximate surface area is 183 Å². The summed E-state index contributed by atoms with van der Waals surface area (Å²) in [5.41, 5.74) is 0.859. The standard InChI is InChI=1S/C19H20ClN3O3S3/c1-11(2)23(4)29(25,26)13-6-7-15(20)14(9-13)18(24)22-19-21-16(10-27-19)17-8-5-12(3)28-17/h5-11H,1-4H3,(H,21,22,24). The molecule has 3 rings (SSSR count). The van der Waals surface area contributed by atoms with E-state index < -0.39 is 15.9 Å². The number of carbonyl (C=O) groups excluding carboxylic acids is 1. The zero-order valence-electron chi connectivity index (χ0n) is 16.3. The summed E-state index contributed by atoms with van der Waals surface area (Å²) in [6, 6.07) is 7.88. The van der Waals surface area contributed by atoms with Crippen molar-refractivity contribution < 1.29 is 13.2 Å². The Hall–Kier alpha value is -1.78. The predicted molar refractivity (Wildman–Crippen MR) is 120 cm³/mol. The van der Waals surface area contributed by atoms with Gasteiger partial charge >= 0.3 is 0 Å². The first kappa shape index (κ1) is 21.9. The Morgan fingerprint density at radius 1 is 1.24 bits per heavy atom. The van der Waals surface area contributed by atoms with E-state index in [1.54, 1.807) is 25.2 Å². The van der Waals surface area contributed by atoms with Crippen LogP contribution < -0.4 is 5.32 Å². The van der Waals surface area contributed by atoms with Gasteiger partial charge in [0.15, 0.2) is 5.13 Å². The van der Waals surface area contributed by atoms with Crippen molar-refractivity contribution in [1.82, 2.24) is 9.29 Å². The van der Waals surface area contributed by atoms with Gasteiger partial charge in [0.2, 0.25) is 10.0 Å². The highest BCUT2D eigenvalue weighted by atomic mass is 35.5. The lowest BCUT2D eigenvalue weighted by Crippen LogP contribution is -2.33. The Balaban J connectivity index is 1.85. The second-order valence-corrected chi connectivity index (χ2v) is 11.2. The number of hydrogen-bond acceptors (Lipinski definition) is 6. The topological polar surface area (TPSA) is 79.4 Å². The summed E-state index contributed by atoms with van der Waals surface area (Å²) in [5.74, 6) is -0.512. The van der Waals surface area contributed by atoms with Crippen LogP contribution >= 0.6 is 34.3 Å². The first-order valence-electron chi connectivity index (χ1n) is 8.71. The molecule has 1 amide bonds. The van der Waals surface area contributed by atoms with Gasteiger partial charge in [-0.2, -0.15) is 4.31 Å². The number of nitrogens with zero attached hydrogens (tertiary/aromatic N) is 2. The van der Waals surface area contributed by atoms with Gasteiger partial charge in [-0.1, -0.05) is 11.6 Å². The molecule has 0 aliphatic rings. The number of carbonyl (C=O) groups is 1. The van der Waals surface area contributed by atoms with E-state index in [1.165, 1.54) is 45.8 Å². The maximum atomic E-state index is 12.7. The lowest BCUT2D eigenvalue weighted by Gasteiger charge is -2.21. The molecule has 2 heterocycles. The van der Waals surface area contributed by atoms with E-state index in [9.17, 15) is 13.2 Å². The number of amides is 1. The Morgan fingerprint density at radius 2 is 1.97 bits per heavy atom. The first-order chi connectivity index (χ1) is 13.6. The molecule has 0 spiro atoms. The number of rotatable bonds is 6. The van der Waals surface area contributed by atoms with Gasteiger partial charge in [-0.25, -0.2) is 13.4 Å². The quantitative estimate of drug-likeness (QED) is 0.543. The number of aryl methyl sites for hydroxylation is 1. The normalized spacial score (nSPS) is 12.0. The zero-order valence-corrected chi connectivity index (χ0v) is 19.5. The predicted octanol–water partition coefficient (Wildman–Crippen LogP) is 5.11. The zero-order chi connectivity index (χ0) is 21.3. The van der Waals surface area contributed by atoms with Crippen LogP contribution in [-0.4, -0.2) is 36.7 Å². The second-order valence-electron chi connectivity index (χ2n) is 6.66. The minimum atomic E-state index is -3.73. The molecule has 3 aromatic rings. The van der Waals surface area contributed by atoms with Crippen molar-refractivity contribution in [3.05, 3.63) is 51.2 Å². The van der Waals surface area contributed by atoms with E-state index in [4.69, 9.17) is 11.6 Å². The summed E-state index contributed by atoms with van der Waals surface area (Å²) in [6.07, 6.45) is 0. The fourth-order valence-corrected chi connectivity index (χ4v) is 5.67. The Kier molecular flexibility index (Phi) is 6.45. The smallest absolute Gasteiger partial charge is 0.259 e. The largest absolute Gasteiger partial charge is 0.298 e. The molecule has 0 aliphatic heterocycles. The van der Waals surface area contributed by atoms with E-state index >= 15 is 0 Å². The summed E-state index contributed by atoms with van der Waals surface area (Å²) in [6.45, 7) is 5.56. The minimum Gasteiger partial charge on any atom is -0.298 e. The fraction of sp³-hybridized carbons (Fsp3) is 0.263. The van der Waals surface area contributed by atoms with Crippen LogP contribution in [0.25, 0.3) is 10.6 Å². The third-order valence-electron chi connectivity index (χ3n) is 4.30. The molecule has 154 valence electrons. The van der Waals surface area contributed by atoms with Crippen molar-refractivity contribution in [2.24, 2.45) is 0 Å². The number of thiazole rings is 1. The SMILES string of the molecule is Cc1ccc(-c2csc(NC(=O)c3cc(S(=O)(=O)N(C)C(C)C)ccc3Cl)n2)s1. The molecule has 0 bridgehead atoms. The third-order valence-corrected chi connectivity index (χ3v) is 8.44. The van der Waals surface area contributed by atoms with E-state index in [0.29, 0.717) is 5.13 Å². The number of aromatic nitrogens is 1. The molecule has 2 aromatic heterocycles. The molecule has 6 nitrogen and oxygen atoms in total. The van der Waals surface area contributed by atoms with Crippen LogP contribution in [-0.2, 0) is 10.0 Å². The van der Waals surface area contributed by atoms with Crippen LogP contribution in [0.3, 0.4) is 0 Å². The first-order valence-corrected chi connectivity index (χ1v) is 12.2. The molecular formula is C19H20ClN3O3S3. The number of benzene rings is 1. The second kappa shape index (κ2) is 8.53. The molecular weight excluding hydrogens is 450 g/mol. The van der Waals surface area contributed by atoms with Crippen LogP contribution in [0.4, 0.5) is 5.13 Å². The van der Waals surface area contributed by atoms with Gasteiger partial charge in [0, 0.05) is 23.3 Å². The van der Waals surface area contributed by atoms with Gasteiger partial charge in [-0.05, 0) is 51.1 Å². The van der Waals surface area contributed by atoms with Crippen LogP contribution in [0.15, 0.2) is 40.6 Å². The van der Waals surface area contributed by atoms with Crippen LogP contribution in [0, 0.1) is 6.92 Å². The van der Waals surface area contributed by atoms with Crippen molar-refractivity contribution in [2.45, 2.75) is 31.7 Å². The summed E-state index contributed by atoms with van der Waals surface area (Å²) in [7, 11) is -2.23. The van der Waals surface area contributed by atoms with E-state index in [-0.39, 0.29) is 21.5 Å². The van der Waals surface area contributed by atoms with Crippen molar-refractivity contribution in [3.8, 4) is 10.6 Å². The van der Waals surface area contributed by atoms with E-state index in [2.05, 4.69) is 10.3 Å². The van der Waals surface area contributed by atoms with Gasteiger partial charge in [-0.15, -0.1) is 22.7 Å². The number of halogens is 1. The van der Waals surface area contributed by atoms with Gasteiger partial charge in [0.1, 0.15) is 0 Å². The third kappa shape index (κ3) is 4.70. The van der Waals surface area contributed by atoms with Crippen molar-refractivity contribution >= 4 is 55.3 Å². The molecule has 1 aromatic carbocycles. The fourth-order valence-electron chi connectivity index (χ4n) is 2.46. The van der Waals surface area contributed by atoms with Crippen LogP contribution in [0.2, 0.25) is 5.02 Å². The highest BCUT2D eigenvalue weighted by Gasteiger charge is 2.25. The highest BCUT2D eigenvalue weighted by molar-refractivity contribution is 7.89. The van der Waals surface area contributed by atoms with E-state index in [0.717, 1.165) is 10.6 Å².